The summed E-state index contributed by atoms with van der Waals surface area (Å²) < 4.78 is 5.85. The van der Waals surface area contributed by atoms with Crippen molar-refractivity contribution in [2.24, 2.45) is 5.73 Å². The number of nitrogen functional groups attached to an aromatic ring is 1. The van der Waals surface area contributed by atoms with Crippen molar-refractivity contribution in [3.63, 3.8) is 0 Å². The Kier molecular flexibility index (Phi) is 4.05. The fourth-order valence-electron chi connectivity index (χ4n) is 1.25. The minimum absolute atomic E-state index is 0.0205. The number of aliphatic hydroxyl groups excluding tert-OH is 1. The van der Waals surface area contributed by atoms with Crippen LogP contribution in [0.2, 0.25) is 0 Å². The number of carbonyl (C=O) groups is 2. The van der Waals surface area contributed by atoms with Crippen molar-refractivity contribution in [3.8, 4) is 0 Å². The number of carbonyl (C=O) groups excluding carboxylic acids is 2. The molecule has 0 aliphatic carbocycles. The molecular formula is C9H14N4O4. The van der Waals surface area contributed by atoms with E-state index in [2.05, 4.69) is 9.72 Å². The quantitative estimate of drug-likeness (QED) is 0.567. The highest BCUT2D eigenvalue weighted by atomic mass is 16.5. The molecular weight excluding hydrogens is 228 g/mol. The lowest BCUT2D eigenvalue weighted by Gasteiger charge is -2.13. The summed E-state index contributed by atoms with van der Waals surface area (Å²) >= 11 is 0. The van der Waals surface area contributed by atoms with Crippen LogP contribution in [0, 0.1) is 0 Å². The lowest BCUT2D eigenvalue weighted by molar-refractivity contribution is -0.141. The Labute approximate surface area is 97.2 Å². The minimum Gasteiger partial charge on any atom is -0.466 e. The van der Waals surface area contributed by atoms with Gasteiger partial charge < -0.3 is 21.3 Å². The zero-order valence-electron chi connectivity index (χ0n) is 9.29. The highest BCUT2D eigenvalue weighted by Crippen LogP contribution is 2.16. The normalized spacial score (nSPS) is 12.1. The van der Waals surface area contributed by atoms with Gasteiger partial charge in [0.05, 0.1) is 12.9 Å². The summed E-state index contributed by atoms with van der Waals surface area (Å²) in [7, 11) is 0. The first-order valence-electron chi connectivity index (χ1n) is 4.87. The van der Waals surface area contributed by atoms with Gasteiger partial charge in [0.25, 0.3) is 5.91 Å². The van der Waals surface area contributed by atoms with Crippen LogP contribution in [0.15, 0.2) is 6.33 Å². The molecule has 94 valence electrons. The third-order valence-corrected chi connectivity index (χ3v) is 2.07. The van der Waals surface area contributed by atoms with E-state index in [4.69, 9.17) is 11.5 Å². The standard InChI is InChI=1S/C9H14N4O4/c1-5(14)17-3-2-6(15)13-4-12-7(8(13)10)9(11)16/h4,6,15H,2-3,10H2,1H3,(H2,11,16). The van der Waals surface area contributed by atoms with Gasteiger partial charge in [0.2, 0.25) is 0 Å². The maximum Gasteiger partial charge on any atom is 0.302 e. The molecule has 0 aliphatic heterocycles. The van der Waals surface area contributed by atoms with Crippen LogP contribution in [0.5, 0.6) is 0 Å². The van der Waals surface area contributed by atoms with Crippen molar-refractivity contribution in [3.05, 3.63) is 12.0 Å². The molecule has 0 fully saturated rings. The highest BCUT2D eigenvalue weighted by molar-refractivity contribution is 5.95. The van der Waals surface area contributed by atoms with E-state index in [0.717, 1.165) is 0 Å². The summed E-state index contributed by atoms with van der Waals surface area (Å²) in [5, 5.41) is 9.71. The zero-order valence-corrected chi connectivity index (χ0v) is 9.29. The first-order chi connectivity index (χ1) is 7.93. The minimum atomic E-state index is -1.03. The predicted octanol–water partition coefficient (Wildman–Crippen LogP) is -0.992. The number of imidazole rings is 1. The van der Waals surface area contributed by atoms with Gasteiger partial charge in [-0.15, -0.1) is 0 Å². The van der Waals surface area contributed by atoms with E-state index in [1.54, 1.807) is 0 Å². The van der Waals surface area contributed by atoms with E-state index in [1.807, 2.05) is 0 Å². The molecule has 8 nitrogen and oxygen atoms in total. The molecule has 1 atom stereocenters. The number of nitrogens with two attached hydrogens (primary N) is 2. The van der Waals surface area contributed by atoms with Crippen LogP contribution in [0.4, 0.5) is 5.82 Å². The maximum atomic E-state index is 10.9. The van der Waals surface area contributed by atoms with Crippen LogP contribution in [-0.4, -0.2) is 33.1 Å². The van der Waals surface area contributed by atoms with Crippen LogP contribution < -0.4 is 11.5 Å². The predicted molar refractivity (Wildman–Crippen MR) is 57.7 cm³/mol. The molecule has 17 heavy (non-hydrogen) atoms. The number of primary amides is 1. The average molecular weight is 242 g/mol. The second kappa shape index (κ2) is 5.30. The van der Waals surface area contributed by atoms with Crippen LogP contribution in [0.3, 0.4) is 0 Å². The molecule has 0 aromatic carbocycles. The van der Waals surface area contributed by atoms with E-state index in [9.17, 15) is 14.7 Å². The van der Waals surface area contributed by atoms with Crippen molar-refractivity contribution in [1.82, 2.24) is 9.55 Å². The molecule has 0 spiro atoms. The number of hydrogen-bond acceptors (Lipinski definition) is 6. The Morgan fingerprint density at radius 2 is 2.29 bits per heavy atom. The van der Waals surface area contributed by atoms with Gasteiger partial charge in [-0.3, -0.25) is 14.2 Å². The molecule has 5 N–H and O–H groups in total. The molecule has 1 amide bonds. The van der Waals surface area contributed by atoms with E-state index in [0.29, 0.717) is 0 Å². The summed E-state index contributed by atoms with van der Waals surface area (Å²) in [5.74, 6) is -1.23. The zero-order chi connectivity index (χ0) is 13.0. The Morgan fingerprint density at radius 1 is 1.65 bits per heavy atom. The van der Waals surface area contributed by atoms with Crippen LogP contribution >= 0.6 is 0 Å². The molecule has 0 saturated carbocycles. The Hall–Kier alpha value is -2.09. The largest absolute Gasteiger partial charge is 0.466 e. The lowest BCUT2D eigenvalue weighted by atomic mass is 10.3. The number of anilines is 1. The number of rotatable bonds is 5. The molecule has 0 aliphatic rings. The van der Waals surface area contributed by atoms with Crippen LogP contribution in [0.25, 0.3) is 0 Å². The number of esters is 1. The summed E-state index contributed by atoms with van der Waals surface area (Å²) in [5.41, 5.74) is 10.5. The van der Waals surface area contributed by atoms with Gasteiger partial charge in [-0.2, -0.15) is 0 Å². The second-order valence-corrected chi connectivity index (χ2v) is 3.36. The Bertz CT molecular complexity index is 429. The second-order valence-electron chi connectivity index (χ2n) is 3.36. The van der Waals surface area contributed by atoms with Crippen molar-refractivity contribution in [2.75, 3.05) is 12.3 Å². The van der Waals surface area contributed by atoms with Gasteiger partial charge in [0.1, 0.15) is 12.0 Å². The van der Waals surface area contributed by atoms with Crippen molar-refractivity contribution >= 4 is 17.7 Å². The first-order valence-corrected chi connectivity index (χ1v) is 4.87. The fourth-order valence-corrected chi connectivity index (χ4v) is 1.25. The van der Waals surface area contributed by atoms with Gasteiger partial charge in [0.15, 0.2) is 5.69 Å². The third kappa shape index (κ3) is 3.18. The SMILES string of the molecule is CC(=O)OCCC(O)n1cnc(C(N)=O)c1N. The summed E-state index contributed by atoms with van der Waals surface area (Å²) in [6, 6.07) is 0. The van der Waals surface area contributed by atoms with Gasteiger partial charge >= 0.3 is 5.97 Å². The number of hydrogen-bond donors (Lipinski definition) is 3. The molecule has 1 unspecified atom stereocenters. The van der Waals surface area contributed by atoms with Gasteiger partial charge in [0, 0.05) is 13.3 Å². The summed E-state index contributed by atoms with van der Waals surface area (Å²) in [6.45, 7) is 1.31. The molecule has 1 aromatic rings. The molecule has 1 heterocycles. The average Bonchev–Trinajstić information content (AvgIpc) is 2.59. The fraction of sp³-hybridized carbons (Fsp3) is 0.444. The van der Waals surface area contributed by atoms with E-state index >= 15 is 0 Å². The monoisotopic (exact) mass is 242 g/mol. The molecule has 0 bridgehead atoms. The van der Waals surface area contributed by atoms with Gasteiger partial charge in [-0.25, -0.2) is 4.98 Å². The van der Waals surface area contributed by atoms with Gasteiger partial charge in [-0.05, 0) is 0 Å². The molecule has 1 aromatic heterocycles. The van der Waals surface area contributed by atoms with E-state index in [-0.39, 0.29) is 24.5 Å². The van der Waals surface area contributed by atoms with Gasteiger partial charge in [-0.1, -0.05) is 0 Å². The molecule has 0 saturated heterocycles. The first kappa shape index (κ1) is 13.0. The third-order valence-electron chi connectivity index (χ3n) is 2.07. The molecule has 8 heteroatoms. The van der Waals surface area contributed by atoms with E-state index in [1.165, 1.54) is 17.8 Å². The highest BCUT2D eigenvalue weighted by Gasteiger charge is 2.17. The van der Waals surface area contributed by atoms with Crippen molar-refractivity contribution in [2.45, 2.75) is 19.6 Å². The Morgan fingerprint density at radius 3 is 2.76 bits per heavy atom. The topological polar surface area (TPSA) is 133 Å². The van der Waals surface area contributed by atoms with Crippen molar-refractivity contribution < 1.29 is 19.4 Å². The smallest absolute Gasteiger partial charge is 0.302 e. The van der Waals surface area contributed by atoms with Crippen molar-refractivity contribution in [1.29, 1.82) is 0 Å². The maximum absolute atomic E-state index is 10.9. The lowest BCUT2D eigenvalue weighted by Crippen LogP contribution is -2.17. The number of aromatic nitrogens is 2. The summed E-state index contributed by atoms with van der Waals surface area (Å²) in [4.78, 5) is 25.1. The molecule has 0 radical (unpaired) electrons. The Balaban J connectivity index is 2.66. The van der Waals surface area contributed by atoms with Crippen LogP contribution in [0.1, 0.15) is 30.1 Å². The van der Waals surface area contributed by atoms with Crippen LogP contribution in [-0.2, 0) is 9.53 Å². The van der Waals surface area contributed by atoms with E-state index < -0.39 is 18.1 Å². The number of amides is 1. The number of aliphatic hydroxyl groups is 1. The summed E-state index contributed by atoms with van der Waals surface area (Å²) in [6.07, 6.45) is 0.307. The number of nitrogens with zero attached hydrogens (tertiary/aromatic N) is 2. The molecule has 1 rings (SSSR count). The number of ether oxygens (including phenoxy) is 1.